The van der Waals surface area contributed by atoms with Gasteiger partial charge in [0.25, 0.3) is 0 Å². The Balaban J connectivity index is 1.77. The molecule has 0 radical (unpaired) electrons. The summed E-state index contributed by atoms with van der Waals surface area (Å²) in [5.74, 6) is 0.273. The lowest BCUT2D eigenvalue weighted by atomic mass is 10.1. The fraction of sp³-hybridized carbons (Fsp3) is 0.235. The first-order valence-corrected chi connectivity index (χ1v) is 9.24. The summed E-state index contributed by atoms with van der Waals surface area (Å²) in [6.45, 7) is 4.17. The lowest BCUT2D eigenvalue weighted by Gasteiger charge is -2.09. The van der Waals surface area contributed by atoms with Gasteiger partial charge in [0.05, 0.1) is 11.3 Å². The molecule has 1 aromatic carbocycles. The minimum atomic E-state index is -0.0573. The predicted molar refractivity (Wildman–Crippen MR) is 97.3 cm³/mol. The summed E-state index contributed by atoms with van der Waals surface area (Å²) in [6.07, 6.45) is 2.57. The molecule has 3 aromatic rings. The third-order valence-corrected chi connectivity index (χ3v) is 5.13. The topological polar surface area (TPSA) is 54.9 Å². The molecule has 6 heteroatoms. The van der Waals surface area contributed by atoms with E-state index in [1.54, 1.807) is 6.20 Å². The number of benzene rings is 1. The van der Waals surface area contributed by atoms with Crippen LogP contribution in [0.2, 0.25) is 0 Å². The average Bonchev–Trinajstić information content (AvgIpc) is 3.04. The minimum Gasteiger partial charge on any atom is -0.301 e. The molecule has 2 aromatic heterocycles. The van der Waals surface area contributed by atoms with Crippen molar-refractivity contribution in [1.82, 2.24) is 9.97 Å². The standard InChI is InChI=1S/C17H17N3OS2/c1-3-12-9-13-5-4-11(2)8-14(13)19-16(12)23-10-15(21)20-17-18-6-7-22-17/h4-9H,3,10H2,1-2H3,(H,18,20,21). The van der Waals surface area contributed by atoms with E-state index < -0.39 is 0 Å². The molecule has 0 atom stereocenters. The normalized spacial score (nSPS) is 10.9. The van der Waals surface area contributed by atoms with Crippen molar-refractivity contribution in [2.24, 2.45) is 0 Å². The molecule has 2 heterocycles. The summed E-state index contributed by atoms with van der Waals surface area (Å²) in [7, 11) is 0. The van der Waals surface area contributed by atoms with Gasteiger partial charge in [-0.2, -0.15) is 0 Å². The fourth-order valence-electron chi connectivity index (χ4n) is 2.26. The summed E-state index contributed by atoms with van der Waals surface area (Å²) in [4.78, 5) is 20.8. The van der Waals surface area contributed by atoms with Crippen molar-refractivity contribution in [3.63, 3.8) is 0 Å². The number of hydrogen-bond acceptors (Lipinski definition) is 5. The van der Waals surface area contributed by atoms with Gasteiger partial charge >= 0.3 is 0 Å². The van der Waals surface area contributed by atoms with Crippen molar-refractivity contribution in [2.45, 2.75) is 25.3 Å². The number of aryl methyl sites for hydroxylation is 2. The third-order valence-electron chi connectivity index (χ3n) is 3.41. The van der Waals surface area contributed by atoms with Gasteiger partial charge in [-0.05, 0) is 36.6 Å². The number of hydrogen-bond donors (Lipinski definition) is 1. The number of amides is 1. The Bertz CT molecular complexity index is 831. The van der Waals surface area contributed by atoms with E-state index in [0.29, 0.717) is 10.9 Å². The highest BCUT2D eigenvalue weighted by atomic mass is 32.2. The number of nitrogens with one attached hydrogen (secondary N) is 1. The molecule has 1 N–H and O–H groups in total. The van der Waals surface area contributed by atoms with E-state index >= 15 is 0 Å². The lowest BCUT2D eigenvalue weighted by molar-refractivity contribution is -0.113. The molecule has 0 aliphatic rings. The number of nitrogens with zero attached hydrogens (tertiary/aromatic N) is 2. The van der Waals surface area contributed by atoms with Crippen LogP contribution in [0.4, 0.5) is 5.13 Å². The maximum Gasteiger partial charge on any atom is 0.236 e. The van der Waals surface area contributed by atoms with Crippen LogP contribution in [0.1, 0.15) is 18.1 Å². The second kappa shape index (κ2) is 7.10. The Morgan fingerprint density at radius 1 is 1.35 bits per heavy atom. The van der Waals surface area contributed by atoms with Crippen LogP contribution in [0, 0.1) is 6.92 Å². The van der Waals surface area contributed by atoms with E-state index in [1.807, 2.05) is 5.38 Å². The van der Waals surface area contributed by atoms with Gasteiger partial charge in [0.2, 0.25) is 5.91 Å². The summed E-state index contributed by atoms with van der Waals surface area (Å²) in [5.41, 5.74) is 3.34. The van der Waals surface area contributed by atoms with Crippen LogP contribution in [0.15, 0.2) is 40.9 Å². The Hall–Kier alpha value is -1.92. The molecule has 0 aliphatic carbocycles. The van der Waals surface area contributed by atoms with Gasteiger partial charge in [-0.15, -0.1) is 11.3 Å². The molecule has 0 bridgehead atoms. The smallest absolute Gasteiger partial charge is 0.236 e. The first-order chi connectivity index (χ1) is 11.2. The zero-order valence-electron chi connectivity index (χ0n) is 13.0. The number of carbonyl (C=O) groups excluding carboxylic acids is 1. The van der Waals surface area contributed by atoms with E-state index in [9.17, 15) is 4.79 Å². The maximum atomic E-state index is 12.0. The fourth-order valence-corrected chi connectivity index (χ4v) is 3.69. The van der Waals surface area contributed by atoms with Gasteiger partial charge in [-0.3, -0.25) is 4.79 Å². The minimum absolute atomic E-state index is 0.0573. The highest BCUT2D eigenvalue weighted by molar-refractivity contribution is 8.00. The number of thioether (sulfide) groups is 1. The van der Waals surface area contributed by atoms with E-state index in [2.05, 4.69) is 48.4 Å². The quantitative estimate of drug-likeness (QED) is 0.702. The zero-order valence-corrected chi connectivity index (χ0v) is 14.6. The molecule has 0 aliphatic heterocycles. The summed E-state index contributed by atoms with van der Waals surface area (Å²) in [6, 6.07) is 8.44. The largest absolute Gasteiger partial charge is 0.301 e. The highest BCUT2D eigenvalue weighted by Crippen LogP contribution is 2.26. The van der Waals surface area contributed by atoms with E-state index in [4.69, 9.17) is 4.98 Å². The Labute approximate surface area is 143 Å². The lowest BCUT2D eigenvalue weighted by Crippen LogP contribution is -2.14. The second-order valence-corrected chi connectivity index (χ2v) is 7.04. The van der Waals surface area contributed by atoms with E-state index in [1.165, 1.54) is 34.2 Å². The van der Waals surface area contributed by atoms with Crippen LogP contribution < -0.4 is 5.32 Å². The van der Waals surface area contributed by atoms with Crippen LogP contribution in [-0.2, 0) is 11.2 Å². The predicted octanol–water partition coefficient (Wildman–Crippen LogP) is 4.29. The van der Waals surface area contributed by atoms with Crippen molar-refractivity contribution in [3.05, 3.63) is 47.0 Å². The SMILES string of the molecule is CCc1cc2ccc(C)cc2nc1SCC(=O)Nc1nccs1. The maximum absolute atomic E-state index is 12.0. The number of carbonyl (C=O) groups is 1. The Morgan fingerprint density at radius 2 is 2.22 bits per heavy atom. The van der Waals surface area contributed by atoms with Gasteiger partial charge in [0, 0.05) is 17.0 Å². The summed E-state index contributed by atoms with van der Waals surface area (Å²) < 4.78 is 0. The molecule has 1 amide bonds. The van der Waals surface area contributed by atoms with Crippen molar-refractivity contribution in [2.75, 3.05) is 11.1 Å². The number of rotatable bonds is 5. The zero-order chi connectivity index (χ0) is 16.2. The molecule has 0 saturated heterocycles. The highest BCUT2D eigenvalue weighted by Gasteiger charge is 2.10. The van der Waals surface area contributed by atoms with Crippen LogP contribution in [0.5, 0.6) is 0 Å². The van der Waals surface area contributed by atoms with Crippen molar-refractivity contribution in [1.29, 1.82) is 0 Å². The monoisotopic (exact) mass is 343 g/mol. The number of anilines is 1. The van der Waals surface area contributed by atoms with Gasteiger partial charge in [0.15, 0.2) is 5.13 Å². The molecule has 3 rings (SSSR count). The third kappa shape index (κ3) is 3.89. The van der Waals surface area contributed by atoms with Crippen molar-refractivity contribution >= 4 is 45.0 Å². The van der Waals surface area contributed by atoms with E-state index in [-0.39, 0.29) is 5.91 Å². The number of pyridine rings is 1. The average molecular weight is 343 g/mol. The number of fused-ring (bicyclic) bond motifs is 1. The van der Waals surface area contributed by atoms with Crippen LogP contribution in [0.25, 0.3) is 10.9 Å². The molecular weight excluding hydrogens is 326 g/mol. The van der Waals surface area contributed by atoms with Gasteiger partial charge in [-0.1, -0.05) is 30.8 Å². The van der Waals surface area contributed by atoms with E-state index in [0.717, 1.165) is 22.3 Å². The summed E-state index contributed by atoms with van der Waals surface area (Å²) >= 11 is 2.89. The molecule has 0 saturated carbocycles. The van der Waals surface area contributed by atoms with Crippen LogP contribution >= 0.6 is 23.1 Å². The first-order valence-electron chi connectivity index (χ1n) is 7.38. The molecule has 118 valence electrons. The number of thiazole rings is 1. The molecule has 0 unspecified atom stereocenters. The van der Waals surface area contributed by atoms with Crippen molar-refractivity contribution in [3.8, 4) is 0 Å². The first kappa shape index (κ1) is 16.0. The Kier molecular flexibility index (Phi) is 4.93. The second-order valence-electron chi connectivity index (χ2n) is 5.18. The molecular formula is C17H17N3OS2. The Morgan fingerprint density at radius 3 is 2.96 bits per heavy atom. The summed E-state index contributed by atoms with van der Waals surface area (Å²) in [5, 5.41) is 7.34. The van der Waals surface area contributed by atoms with Crippen molar-refractivity contribution < 1.29 is 4.79 Å². The van der Waals surface area contributed by atoms with Gasteiger partial charge in [0.1, 0.15) is 5.03 Å². The number of aromatic nitrogens is 2. The van der Waals surface area contributed by atoms with Crippen LogP contribution in [-0.4, -0.2) is 21.6 Å². The van der Waals surface area contributed by atoms with Gasteiger partial charge in [-0.25, -0.2) is 9.97 Å². The van der Waals surface area contributed by atoms with Crippen LogP contribution in [0.3, 0.4) is 0 Å². The molecule has 0 fully saturated rings. The molecule has 4 nitrogen and oxygen atoms in total. The van der Waals surface area contributed by atoms with Gasteiger partial charge < -0.3 is 5.32 Å². The molecule has 0 spiro atoms. The molecule has 23 heavy (non-hydrogen) atoms.